The number of carbonyl (C=O) groups is 2. The maximum atomic E-state index is 12.9. The predicted molar refractivity (Wildman–Crippen MR) is 120 cm³/mol. The van der Waals surface area contributed by atoms with Crippen molar-refractivity contribution >= 4 is 17.5 Å². The van der Waals surface area contributed by atoms with E-state index in [-0.39, 0.29) is 29.2 Å². The molecule has 4 aliphatic rings. The van der Waals surface area contributed by atoms with Crippen molar-refractivity contribution in [1.82, 2.24) is 10.2 Å². The second-order valence-electron chi connectivity index (χ2n) is 9.63. The van der Waals surface area contributed by atoms with E-state index in [2.05, 4.69) is 51.5 Å². The largest absolute Gasteiger partial charge is 0.364 e. The first kappa shape index (κ1) is 19.1. The van der Waals surface area contributed by atoms with Crippen LogP contribution in [0.1, 0.15) is 42.9 Å². The number of aryl methyl sites for hydroxylation is 1. The monoisotopic (exact) mass is 415 g/mol. The summed E-state index contributed by atoms with van der Waals surface area (Å²) in [5.41, 5.74) is 3.84. The highest BCUT2D eigenvalue weighted by Gasteiger charge is 2.62. The molecule has 0 saturated carbocycles. The molecule has 3 unspecified atom stereocenters. The van der Waals surface area contributed by atoms with E-state index < -0.39 is 0 Å². The van der Waals surface area contributed by atoms with Crippen molar-refractivity contribution in [2.24, 2.45) is 11.8 Å². The zero-order chi connectivity index (χ0) is 21.0. The fourth-order valence-corrected chi connectivity index (χ4v) is 6.86. The summed E-state index contributed by atoms with van der Waals surface area (Å²) in [6.45, 7) is 2.57. The molecule has 6 rings (SSSR count). The van der Waals surface area contributed by atoms with E-state index in [0.29, 0.717) is 12.6 Å². The third kappa shape index (κ3) is 2.86. The minimum absolute atomic E-state index is 0.0649. The molecule has 2 aromatic rings. The van der Waals surface area contributed by atoms with Crippen molar-refractivity contribution in [3.8, 4) is 0 Å². The Kier molecular flexibility index (Phi) is 4.42. The van der Waals surface area contributed by atoms with Gasteiger partial charge in [-0.3, -0.25) is 19.8 Å². The second-order valence-corrected chi connectivity index (χ2v) is 9.63. The number of imide groups is 1. The van der Waals surface area contributed by atoms with Crippen molar-refractivity contribution in [3.63, 3.8) is 0 Å². The number of benzene rings is 2. The number of nitrogens with zero attached hydrogens (tertiary/aromatic N) is 2. The van der Waals surface area contributed by atoms with Gasteiger partial charge in [-0.2, -0.15) is 0 Å². The highest BCUT2D eigenvalue weighted by Crippen LogP contribution is 2.51. The zero-order valence-electron chi connectivity index (χ0n) is 17.8. The Hall–Kier alpha value is -2.66. The second kappa shape index (κ2) is 7.20. The lowest BCUT2D eigenvalue weighted by molar-refractivity contribution is -0.127. The van der Waals surface area contributed by atoms with E-state index in [4.69, 9.17) is 0 Å². The van der Waals surface area contributed by atoms with Crippen LogP contribution in [-0.4, -0.2) is 41.9 Å². The smallest absolute Gasteiger partial charge is 0.232 e. The average molecular weight is 416 g/mol. The zero-order valence-corrected chi connectivity index (χ0v) is 17.8. The van der Waals surface area contributed by atoms with E-state index >= 15 is 0 Å². The number of piperidine rings is 1. The summed E-state index contributed by atoms with van der Waals surface area (Å²) >= 11 is 0. The number of carbonyl (C=O) groups excluding carboxylic acids is 2. The lowest BCUT2D eigenvalue weighted by Crippen LogP contribution is -2.58. The van der Waals surface area contributed by atoms with Crippen molar-refractivity contribution in [1.29, 1.82) is 0 Å². The van der Waals surface area contributed by atoms with Crippen LogP contribution in [0.4, 0.5) is 5.69 Å². The maximum Gasteiger partial charge on any atom is 0.232 e. The number of fused-ring (bicyclic) bond motifs is 3. The van der Waals surface area contributed by atoms with Gasteiger partial charge in [-0.05, 0) is 55.4 Å². The number of anilines is 1. The van der Waals surface area contributed by atoms with Gasteiger partial charge in [0.1, 0.15) is 0 Å². The SMILES string of the molecule is O=C1NC(=O)C2C1CN(c1ccccc1)C21CCN(C2CCCc3ccccc32)CC1. The molecule has 160 valence electrons. The normalized spacial score (nSPS) is 29.7. The summed E-state index contributed by atoms with van der Waals surface area (Å²) in [7, 11) is 0. The van der Waals surface area contributed by atoms with Crippen LogP contribution in [0.15, 0.2) is 54.6 Å². The van der Waals surface area contributed by atoms with Crippen LogP contribution in [0.3, 0.4) is 0 Å². The minimum atomic E-state index is -0.271. The van der Waals surface area contributed by atoms with E-state index in [1.165, 1.54) is 30.4 Å². The lowest BCUT2D eigenvalue weighted by Gasteiger charge is -2.50. The highest BCUT2D eigenvalue weighted by atomic mass is 16.2. The summed E-state index contributed by atoms with van der Waals surface area (Å²) in [5, 5.41) is 2.63. The number of hydrogen-bond acceptors (Lipinski definition) is 4. The number of para-hydroxylation sites is 1. The first-order valence-electron chi connectivity index (χ1n) is 11.7. The molecule has 1 spiro atoms. The molecule has 5 nitrogen and oxygen atoms in total. The Bertz CT molecular complexity index is 1010. The number of hydrogen-bond donors (Lipinski definition) is 1. The van der Waals surface area contributed by atoms with Gasteiger partial charge >= 0.3 is 0 Å². The van der Waals surface area contributed by atoms with Crippen molar-refractivity contribution in [2.75, 3.05) is 24.5 Å². The fourth-order valence-electron chi connectivity index (χ4n) is 6.86. The van der Waals surface area contributed by atoms with E-state index in [1.54, 1.807) is 0 Å². The van der Waals surface area contributed by atoms with E-state index in [1.807, 2.05) is 18.2 Å². The Balaban J connectivity index is 1.31. The Morgan fingerprint density at radius 1 is 0.903 bits per heavy atom. The first-order valence-corrected chi connectivity index (χ1v) is 11.7. The van der Waals surface area contributed by atoms with Crippen LogP contribution in [0.5, 0.6) is 0 Å². The van der Waals surface area contributed by atoms with Crippen molar-refractivity contribution in [2.45, 2.75) is 43.7 Å². The molecule has 0 aromatic heterocycles. The topological polar surface area (TPSA) is 52.7 Å². The van der Waals surface area contributed by atoms with Gasteiger partial charge in [-0.1, -0.05) is 42.5 Å². The predicted octanol–water partition coefficient (Wildman–Crippen LogP) is 3.31. The summed E-state index contributed by atoms with van der Waals surface area (Å²) in [6, 6.07) is 19.7. The van der Waals surface area contributed by atoms with Crippen LogP contribution >= 0.6 is 0 Å². The average Bonchev–Trinajstić information content (AvgIpc) is 3.29. The van der Waals surface area contributed by atoms with Gasteiger partial charge in [0.15, 0.2) is 0 Å². The van der Waals surface area contributed by atoms with Gasteiger partial charge in [0.2, 0.25) is 11.8 Å². The van der Waals surface area contributed by atoms with Crippen LogP contribution in [0.2, 0.25) is 0 Å². The molecule has 5 heteroatoms. The number of likely N-dealkylation sites (tertiary alicyclic amines) is 1. The third-order valence-corrected chi connectivity index (χ3v) is 8.27. The fraction of sp³-hybridized carbons (Fsp3) is 0.462. The Morgan fingerprint density at radius 3 is 2.45 bits per heavy atom. The quantitative estimate of drug-likeness (QED) is 0.765. The summed E-state index contributed by atoms with van der Waals surface area (Å²) in [5.74, 6) is -0.614. The van der Waals surface area contributed by atoms with Crippen LogP contribution in [-0.2, 0) is 16.0 Å². The van der Waals surface area contributed by atoms with Gasteiger partial charge in [0.05, 0.1) is 17.4 Å². The van der Waals surface area contributed by atoms with Crippen molar-refractivity contribution < 1.29 is 9.59 Å². The molecule has 2 amide bonds. The van der Waals surface area contributed by atoms with E-state index in [0.717, 1.165) is 31.6 Å². The molecule has 1 N–H and O–H groups in total. The van der Waals surface area contributed by atoms with Gasteiger partial charge < -0.3 is 4.90 Å². The van der Waals surface area contributed by atoms with Gasteiger partial charge in [0.25, 0.3) is 0 Å². The number of nitrogens with one attached hydrogen (secondary N) is 1. The highest BCUT2D eigenvalue weighted by molar-refractivity contribution is 6.07. The molecule has 0 radical (unpaired) electrons. The van der Waals surface area contributed by atoms with E-state index in [9.17, 15) is 9.59 Å². The minimum Gasteiger partial charge on any atom is -0.364 e. The third-order valence-electron chi connectivity index (χ3n) is 8.27. The molecule has 1 aliphatic carbocycles. The standard InChI is InChI=1S/C26H29N3O2/c30-24-21-17-29(19-9-2-1-3-10-19)26(23(21)25(31)27-24)13-15-28(16-14-26)22-12-6-8-18-7-4-5-11-20(18)22/h1-5,7,9-11,21-23H,6,8,12-17H2,(H,27,30,31). The van der Waals surface area contributed by atoms with Crippen LogP contribution in [0.25, 0.3) is 0 Å². The molecule has 3 aliphatic heterocycles. The number of amides is 2. The van der Waals surface area contributed by atoms with Crippen molar-refractivity contribution in [3.05, 3.63) is 65.7 Å². The number of rotatable bonds is 2. The van der Waals surface area contributed by atoms with Gasteiger partial charge in [-0.25, -0.2) is 0 Å². The molecule has 31 heavy (non-hydrogen) atoms. The molecular formula is C26H29N3O2. The summed E-state index contributed by atoms with van der Waals surface area (Å²) < 4.78 is 0. The molecule has 3 heterocycles. The molecule has 3 atom stereocenters. The summed E-state index contributed by atoms with van der Waals surface area (Å²) in [6.07, 6.45) is 5.46. The molecule has 0 bridgehead atoms. The van der Waals surface area contributed by atoms with Crippen LogP contribution < -0.4 is 10.2 Å². The molecule has 3 saturated heterocycles. The maximum absolute atomic E-state index is 12.9. The first-order chi connectivity index (χ1) is 15.2. The lowest BCUT2D eigenvalue weighted by atomic mass is 9.73. The van der Waals surface area contributed by atoms with Gasteiger partial charge in [-0.15, -0.1) is 0 Å². The summed E-state index contributed by atoms with van der Waals surface area (Å²) in [4.78, 5) is 30.5. The van der Waals surface area contributed by atoms with Crippen LogP contribution in [0, 0.1) is 11.8 Å². The molecule has 2 aromatic carbocycles. The Morgan fingerprint density at radius 2 is 1.65 bits per heavy atom. The molecular weight excluding hydrogens is 386 g/mol. The Labute approximate surface area is 183 Å². The van der Waals surface area contributed by atoms with Gasteiger partial charge in [0, 0.05) is 31.4 Å². The molecule has 3 fully saturated rings.